The lowest BCUT2D eigenvalue weighted by Gasteiger charge is -2.28. The van der Waals surface area contributed by atoms with Gasteiger partial charge >= 0.3 is 0 Å². The SMILES string of the molecule is C=C1CCN(C(=O)CCc2nc3cc(S(=O)(=O)N(CC)CC)ccc3n2CC)CC1. The molecule has 0 atom stereocenters. The summed E-state index contributed by atoms with van der Waals surface area (Å²) in [6, 6.07) is 5.12. The number of sulfonamides is 1. The maximum Gasteiger partial charge on any atom is 0.243 e. The zero-order chi connectivity index (χ0) is 21.9. The molecule has 1 aromatic heterocycles. The normalized spacial score (nSPS) is 15.3. The van der Waals surface area contributed by atoms with Crippen molar-refractivity contribution >= 4 is 27.0 Å². The summed E-state index contributed by atoms with van der Waals surface area (Å²) in [6.45, 7) is 12.8. The summed E-state index contributed by atoms with van der Waals surface area (Å²) in [6.07, 6.45) is 2.70. The van der Waals surface area contributed by atoms with E-state index < -0.39 is 10.0 Å². The van der Waals surface area contributed by atoms with Gasteiger partial charge < -0.3 is 9.47 Å². The van der Waals surface area contributed by atoms with Crippen molar-refractivity contribution in [1.29, 1.82) is 0 Å². The predicted octanol–water partition coefficient (Wildman–Crippen LogP) is 3.20. The average molecular weight is 433 g/mol. The van der Waals surface area contributed by atoms with Crippen LogP contribution in [0.4, 0.5) is 0 Å². The molecule has 1 saturated heterocycles. The minimum atomic E-state index is -3.53. The number of likely N-dealkylation sites (tertiary alicyclic amines) is 1. The van der Waals surface area contributed by atoms with Crippen molar-refractivity contribution in [2.75, 3.05) is 26.2 Å². The molecule has 1 aliphatic rings. The molecule has 0 bridgehead atoms. The first-order valence-corrected chi connectivity index (χ1v) is 12.2. The van der Waals surface area contributed by atoms with E-state index in [4.69, 9.17) is 4.98 Å². The molecule has 0 aliphatic carbocycles. The molecule has 2 heterocycles. The first-order valence-electron chi connectivity index (χ1n) is 10.8. The Hall–Kier alpha value is -2.19. The third-order valence-corrected chi connectivity index (χ3v) is 7.89. The van der Waals surface area contributed by atoms with Crippen LogP contribution in [0.5, 0.6) is 0 Å². The molecule has 0 radical (unpaired) electrons. The predicted molar refractivity (Wildman–Crippen MR) is 119 cm³/mol. The highest BCUT2D eigenvalue weighted by atomic mass is 32.2. The van der Waals surface area contributed by atoms with Gasteiger partial charge in [0, 0.05) is 45.6 Å². The lowest BCUT2D eigenvalue weighted by molar-refractivity contribution is -0.131. The highest BCUT2D eigenvalue weighted by Crippen LogP contribution is 2.24. The van der Waals surface area contributed by atoms with Crippen LogP contribution >= 0.6 is 0 Å². The van der Waals surface area contributed by atoms with Gasteiger partial charge in [0.05, 0.1) is 15.9 Å². The number of hydrogen-bond donors (Lipinski definition) is 0. The number of carbonyl (C=O) groups excluding carboxylic acids is 1. The molecule has 3 rings (SSSR count). The summed E-state index contributed by atoms with van der Waals surface area (Å²) in [5, 5.41) is 0. The molecule has 1 aromatic carbocycles. The smallest absolute Gasteiger partial charge is 0.243 e. The van der Waals surface area contributed by atoms with E-state index in [1.54, 1.807) is 12.1 Å². The molecule has 164 valence electrons. The van der Waals surface area contributed by atoms with Gasteiger partial charge in [0.25, 0.3) is 0 Å². The number of fused-ring (bicyclic) bond motifs is 1. The molecular formula is C22H32N4O3S. The Kier molecular flexibility index (Phi) is 6.98. The zero-order valence-corrected chi connectivity index (χ0v) is 19.0. The number of piperidine rings is 1. The lowest BCUT2D eigenvalue weighted by Crippen LogP contribution is -2.36. The number of aromatic nitrogens is 2. The summed E-state index contributed by atoms with van der Waals surface area (Å²) in [7, 11) is -3.53. The van der Waals surface area contributed by atoms with Crippen molar-refractivity contribution in [3.05, 3.63) is 36.2 Å². The second-order valence-electron chi connectivity index (χ2n) is 7.64. The number of aryl methyl sites for hydroxylation is 2. The van der Waals surface area contributed by atoms with E-state index in [0.29, 0.717) is 38.0 Å². The first kappa shape index (κ1) is 22.5. The van der Waals surface area contributed by atoms with Gasteiger partial charge in [-0.25, -0.2) is 13.4 Å². The summed E-state index contributed by atoms with van der Waals surface area (Å²) in [4.78, 5) is 19.5. The van der Waals surface area contributed by atoms with E-state index in [2.05, 4.69) is 11.1 Å². The highest BCUT2D eigenvalue weighted by Gasteiger charge is 2.23. The topological polar surface area (TPSA) is 75.5 Å². The van der Waals surface area contributed by atoms with Crippen molar-refractivity contribution < 1.29 is 13.2 Å². The Morgan fingerprint density at radius 3 is 2.43 bits per heavy atom. The quantitative estimate of drug-likeness (QED) is 0.601. The maximum absolute atomic E-state index is 12.8. The van der Waals surface area contributed by atoms with Crippen LogP contribution in [0.25, 0.3) is 11.0 Å². The van der Waals surface area contributed by atoms with Crippen molar-refractivity contribution in [2.45, 2.75) is 57.9 Å². The van der Waals surface area contributed by atoms with Crippen LogP contribution in [0.3, 0.4) is 0 Å². The molecule has 8 heteroatoms. The number of imidazole rings is 1. The van der Waals surface area contributed by atoms with Crippen LogP contribution < -0.4 is 0 Å². The molecule has 0 spiro atoms. The second-order valence-corrected chi connectivity index (χ2v) is 9.58. The van der Waals surface area contributed by atoms with Gasteiger partial charge in [0.1, 0.15) is 5.82 Å². The van der Waals surface area contributed by atoms with Crippen LogP contribution in [0, 0.1) is 0 Å². The molecule has 1 amide bonds. The minimum absolute atomic E-state index is 0.141. The number of benzene rings is 1. The standard InChI is InChI=1S/C22H32N4O3S/c1-5-25(6-2)30(28,29)18-8-9-20-19(16-18)23-21(26(20)7-3)10-11-22(27)24-14-12-17(4)13-15-24/h8-9,16H,4-7,10-15H2,1-3H3. The van der Waals surface area contributed by atoms with Crippen LogP contribution in [0.2, 0.25) is 0 Å². The third kappa shape index (κ3) is 4.44. The van der Waals surface area contributed by atoms with Crippen molar-refractivity contribution in [2.24, 2.45) is 0 Å². The largest absolute Gasteiger partial charge is 0.342 e. The molecule has 7 nitrogen and oxygen atoms in total. The number of carbonyl (C=O) groups is 1. The van der Waals surface area contributed by atoms with Crippen LogP contribution in [0.1, 0.15) is 45.9 Å². The zero-order valence-electron chi connectivity index (χ0n) is 18.2. The van der Waals surface area contributed by atoms with Crippen molar-refractivity contribution in [1.82, 2.24) is 18.8 Å². The second kappa shape index (κ2) is 9.31. The van der Waals surface area contributed by atoms with Gasteiger partial charge in [-0.3, -0.25) is 4.79 Å². The maximum atomic E-state index is 12.8. The van der Waals surface area contributed by atoms with Gasteiger partial charge in [-0.1, -0.05) is 26.0 Å². The number of nitrogens with zero attached hydrogens (tertiary/aromatic N) is 4. The van der Waals surface area contributed by atoms with Crippen molar-refractivity contribution in [3.63, 3.8) is 0 Å². The van der Waals surface area contributed by atoms with Gasteiger partial charge in [-0.2, -0.15) is 4.31 Å². The minimum Gasteiger partial charge on any atom is -0.342 e. The molecule has 2 aromatic rings. The Balaban J connectivity index is 1.82. The molecule has 0 N–H and O–H groups in total. The number of amides is 1. The van der Waals surface area contributed by atoms with E-state index in [9.17, 15) is 13.2 Å². The molecule has 0 saturated carbocycles. The molecule has 30 heavy (non-hydrogen) atoms. The highest BCUT2D eigenvalue weighted by molar-refractivity contribution is 7.89. The first-order chi connectivity index (χ1) is 14.3. The Bertz CT molecular complexity index is 1030. The monoisotopic (exact) mass is 432 g/mol. The van der Waals surface area contributed by atoms with Gasteiger partial charge in [-0.05, 0) is 38.0 Å². The summed E-state index contributed by atoms with van der Waals surface area (Å²) in [5.41, 5.74) is 2.76. The number of rotatable bonds is 8. The van der Waals surface area contributed by atoms with E-state index in [1.807, 2.05) is 31.7 Å². The van der Waals surface area contributed by atoms with Gasteiger partial charge in [0.15, 0.2) is 0 Å². The number of hydrogen-bond acceptors (Lipinski definition) is 4. The summed E-state index contributed by atoms with van der Waals surface area (Å²) < 4.78 is 29.2. The van der Waals surface area contributed by atoms with E-state index >= 15 is 0 Å². The van der Waals surface area contributed by atoms with Crippen LogP contribution in [-0.2, 0) is 27.8 Å². The molecule has 1 fully saturated rings. The van der Waals surface area contributed by atoms with Crippen LogP contribution in [-0.4, -0.2) is 59.3 Å². The lowest BCUT2D eigenvalue weighted by atomic mass is 10.1. The molecular weight excluding hydrogens is 400 g/mol. The van der Waals surface area contributed by atoms with E-state index in [-0.39, 0.29) is 10.8 Å². The average Bonchev–Trinajstić information content (AvgIpc) is 3.09. The fourth-order valence-electron chi connectivity index (χ4n) is 4.03. The van der Waals surface area contributed by atoms with Gasteiger partial charge in [0.2, 0.25) is 15.9 Å². The third-order valence-electron chi connectivity index (χ3n) is 5.84. The molecule has 0 unspecified atom stereocenters. The van der Waals surface area contributed by atoms with E-state index in [1.165, 1.54) is 9.88 Å². The summed E-state index contributed by atoms with van der Waals surface area (Å²) in [5.74, 6) is 0.960. The Morgan fingerprint density at radius 2 is 1.83 bits per heavy atom. The molecule has 1 aliphatic heterocycles. The fraction of sp³-hybridized carbons (Fsp3) is 0.545. The Morgan fingerprint density at radius 1 is 1.17 bits per heavy atom. The van der Waals surface area contributed by atoms with Crippen molar-refractivity contribution in [3.8, 4) is 0 Å². The Labute approximate surface area is 179 Å². The van der Waals surface area contributed by atoms with Crippen LogP contribution in [0.15, 0.2) is 35.2 Å². The summed E-state index contributed by atoms with van der Waals surface area (Å²) >= 11 is 0. The van der Waals surface area contributed by atoms with Gasteiger partial charge in [-0.15, -0.1) is 0 Å². The van der Waals surface area contributed by atoms with E-state index in [0.717, 1.165) is 37.3 Å². The fourth-order valence-corrected chi connectivity index (χ4v) is 5.50.